The quantitative estimate of drug-likeness (QED) is 0.191. The standard InChI is InChI=1S/C28H21BrFNO2/c1-2-32-27-15-19(14-25(29)28(27)33-18-23-9-5-6-10-26(23)30)13-24(17-31)22-12-11-20-7-3-4-8-21(20)16-22/h3-16H,2,18H2,1H3/b24-13-. The Morgan fingerprint density at radius 2 is 1.73 bits per heavy atom. The molecule has 4 aromatic carbocycles. The average Bonchev–Trinajstić information content (AvgIpc) is 2.83. The van der Waals surface area contributed by atoms with Gasteiger partial charge in [-0.25, -0.2) is 4.39 Å². The maximum atomic E-state index is 14.0. The van der Waals surface area contributed by atoms with Gasteiger partial charge in [0.05, 0.1) is 22.7 Å². The molecule has 5 heteroatoms. The summed E-state index contributed by atoms with van der Waals surface area (Å²) in [6, 6.07) is 26.5. The molecule has 0 aromatic heterocycles. The van der Waals surface area contributed by atoms with E-state index in [1.54, 1.807) is 18.2 Å². The van der Waals surface area contributed by atoms with Crippen molar-refractivity contribution in [3.63, 3.8) is 0 Å². The molecule has 4 aromatic rings. The fourth-order valence-electron chi connectivity index (χ4n) is 3.54. The maximum absolute atomic E-state index is 14.0. The maximum Gasteiger partial charge on any atom is 0.175 e. The minimum absolute atomic E-state index is 0.0705. The van der Waals surface area contributed by atoms with Gasteiger partial charge in [-0.3, -0.25) is 0 Å². The molecule has 0 N–H and O–H groups in total. The third-order valence-electron chi connectivity index (χ3n) is 5.15. The van der Waals surface area contributed by atoms with Gasteiger partial charge in [-0.2, -0.15) is 5.26 Å². The molecule has 0 aliphatic rings. The molecule has 0 saturated heterocycles. The first kappa shape index (κ1) is 22.6. The van der Waals surface area contributed by atoms with Crippen LogP contribution >= 0.6 is 15.9 Å². The van der Waals surface area contributed by atoms with Crippen LogP contribution in [-0.2, 0) is 6.61 Å². The number of fused-ring (bicyclic) bond motifs is 1. The highest BCUT2D eigenvalue weighted by molar-refractivity contribution is 9.10. The highest BCUT2D eigenvalue weighted by atomic mass is 79.9. The Morgan fingerprint density at radius 1 is 0.970 bits per heavy atom. The molecule has 0 unspecified atom stereocenters. The monoisotopic (exact) mass is 501 g/mol. The SMILES string of the molecule is CCOc1cc(/C=C(/C#N)c2ccc3ccccc3c2)cc(Br)c1OCc1ccccc1F. The van der Waals surface area contributed by atoms with E-state index in [0.29, 0.717) is 33.7 Å². The van der Waals surface area contributed by atoms with E-state index < -0.39 is 0 Å². The Hall–Kier alpha value is -3.62. The summed E-state index contributed by atoms with van der Waals surface area (Å²) in [5.74, 6) is 0.687. The molecule has 164 valence electrons. The van der Waals surface area contributed by atoms with Crippen LogP contribution in [0.3, 0.4) is 0 Å². The van der Waals surface area contributed by atoms with Crippen molar-refractivity contribution in [2.24, 2.45) is 0 Å². The molecule has 3 nitrogen and oxygen atoms in total. The van der Waals surface area contributed by atoms with Gasteiger partial charge in [-0.15, -0.1) is 0 Å². The Labute approximate surface area is 200 Å². The van der Waals surface area contributed by atoms with E-state index in [4.69, 9.17) is 9.47 Å². The van der Waals surface area contributed by atoms with Crippen molar-refractivity contribution in [1.82, 2.24) is 0 Å². The highest BCUT2D eigenvalue weighted by Gasteiger charge is 2.14. The second kappa shape index (κ2) is 10.3. The molecule has 0 aliphatic carbocycles. The first-order chi connectivity index (χ1) is 16.1. The number of nitrogens with zero attached hydrogens (tertiary/aromatic N) is 1. The summed E-state index contributed by atoms with van der Waals surface area (Å²) in [7, 11) is 0. The Kier molecular flexibility index (Phi) is 7.07. The van der Waals surface area contributed by atoms with Crippen molar-refractivity contribution in [3.05, 3.63) is 106 Å². The molecule has 0 amide bonds. The number of hydrogen-bond donors (Lipinski definition) is 0. The number of ether oxygens (including phenoxy) is 2. The molecule has 4 rings (SSSR count). The molecule has 0 bridgehead atoms. The van der Waals surface area contributed by atoms with Crippen molar-refractivity contribution in [1.29, 1.82) is 5.26 Å². The van der Waals surface area contributed by atoms with Gasteiger partial charge in [0, 0.05) is 5.56 Å². The fourth-order valence-corrected chi connectivity index (χ4v) is 4.12. The molecule has 0 radical (unpaired) electrons. The van der Waals surface area contributed by atoms with Crippen LogP contribution in [0.15, 0.2) is 83.3 Å². The third kappa shape index (κ3) is 5.24. The smallest absolute Gasteiger partial charge is 0.175 e. The zero-order valence-electron chi connectivity index (χ0n) is 18.0. The van der Waals surface area contributed by atoms with E-state index in [0.717, 1.165) is 21.9 Å². The van der Waals surface area contributed by atoms with Crippen LogP contribution in [0.1, 0.15) is 23.6 Å². The lowest BCUT2D eigenvalue weighted by atomic mass is 10.00. The van der Waals surface area contributed by atoms with E-state index in [1.165, 1.54) is 6.07 Å². The van der Waals surface area contributed by atoms with Gasteiger partial charge in [0.1, 0.15) is 12.4 Å². The van der Waals surface area contributed by atoms with E-state index in [1.807, 2.05) is 67.6 Å². The zero-order valence-corrected chi connectivity index (χ0v) is 19.6. The highest BCUT2D eigenvalue weighted by Crippen LogP contribution is 2.38. The number of hydrogen-bond acceptors (Lipinski definition) is 3. The van der Waals surface area contributed by atoms with E-state index >= 15 is 0 Å². The number of halogens is 2. The summed E-state index contributed by atoms with van der Waals surface area (Å²) in [6.07, 6.45) is 1.82. The second-order valence-electron chi connectivity index (χ2n) is 7.37. The van der Waals surface area contributed by atoms with Crippen molar-refractivity contribution < 1.29 is 13.9 Å². The van der Waals surface area contributed by atoms with E-state index in [9.17, 15) is 9.65 Å². The van der Waals surface area contributed by atoms with Gasteiger partial charge in [-0.05, 0) is 75.1 Å². The lowest BCUT2D eigenvalue weighted by Gasteiger charge is -2.15. The van der Waals surface area contributed by atoms with Crippen molar-refractivity contribution >= 4 is 38.4 Å². The van der Waals surface area contributed by atoms with Gasteiger partial charge in [0.2, 0.25) is 0 Å². The van der Waals surface area contributed by atoms with Crippen LogP contribution in [0.2, 0.25) is 0 Å². The lowest BCUT2D eigenvalue weighted by Crippen LogP contribution is -2.02. The average molecular weight is 502 g/mol. The van der Waals surface area contributed by atoms with Gasteiger partial charge in [0.25, 0.3) is 0 Å². The molecular formula is C28H21BrFNO2. The minimum atomic E-state index is -0.319. The first-order valence-corrected chi connectivity index (χ1v) is 11.3. The van der Waals surface area contributed by atoms with Crippen molar-refractivity contribution in [2.45, 2.75) is 13.5 Å². The molecule has 0 heterocycles. The molecular weight excluding hydrogens is 481 g/mol. The van der Waals surface area contributed by atoms with Crippen LogP contribution < -0.4 is 9.47 Å². The van der Waals surface area contributed by atoms with Gasteiger partial charge < -0.3 is 9.47 Å². The molecule has 33 heavy (non-hydrogen) atoms. The molecule has 0 saturated carbocycles. The zero-order chi connectivity index (χ0) is 23.2. The summed E-state index contributed by atoms with van der Waals surface area (Å²) in [5, 5.41) is 12.0. The summed E-state index contributed by atoms with van der Waals surface area (Å²) in [4.78, 5) is 0. The summed E-state index contributed by atoms with van der Waals surface area (Å²) < 4.78 is 26.3. The summed E-state index contributed by atoms with van der Waals surface area (Å²) in [6.45, 7) is 2.39. The minimum Gasteiger partial charge on any atom is -0.490 e. The summed E-state index contributed by atoms with van der Waals surface area (Å²) >= 11 is 3.55. The number of nitriles is 1. The first-order valence-electron chi connectivity index (χ1n) is 10.5. The van der Waals surface area contributed by atoms with E-state index in [-0.39, 0.29) is 12.4 Å². The predicted molar refractivity (Wildman–Crippen MR) is 133 cm³/mol. The molecule has 0 atom stereocenters. The van der Waals surface area contributed by atoms with Gasteiger partial charge in [0.15, 0.2) is 11.5 Å². The van der Waals surface area contributed by atoms with Crippen molar-refractivity contribution in [2.75, 3.05) is 6.61 Å². The number of benzene rings is 4. The number of allylic oxidation sites excluding steroid dienone is 1. The molecule has 0 spiro atoms. The van der Waals surface area contributed by atoms with Crippen molar-refractivity contribution in [3.8, 4) is 17.6 Å². The lowest BCUT2D eigenvalue weighted by molar-refractivity contribution is 0.264. The second-order valence-corrected chi connectivity index (χ2v) is 8.23. The van der Waals surface area contributed by atoms with Gasteiger partial charge >= 0.3 is 0 Å². The summed E-state index contributed by atoms with van der Waals surface area (Å²) in [5.41, 5.74) is 2.62. The van der Waals surface area contributed by atoms with E-state index in [2.05, 4.69) is 22.0 Å². The topological polar surface area (TPSA) is 42.2 Å². The third-order valence-corrected chi connectivity index (χ3v) is 5.74. The Balaban J connectivity index is 1.67. The van der Waals surface area contributed by atoms with Crippen LogP contribution in [0.5, 0.6) is 11.5 Å². The van der Waals surface area contributed by atoms with Crippen LogP contribution in [0.25, 0.3) is 22.4 Å². The fraction of sp³-hybridized carbons (Fsp3) is 0.107. The predicted octanol–water partition coefficient (Wildman–Crippen LogP) is 7.78. The Morgan fingerprint density at radius 3 is 2.48 bits per heavy atom. The largest absolute Gasteiger partial charge is 0.490 e. The van der Waals surface area contributed by atoms with Crippen LogP contribution in [0.4, 0.5) is 4.39 Å². The van der Waals surface area contributed by atoms with Crippen LogP contribution in [-0.4, -0.2) is 6.61 Å². The number of rotatable bonds is 7. The normalized spacial score (nSPS) is 11.3. The molecule has 0 fully saturated rings. The Bertz CT molecular complexity index is 1370. The van der Waals surface area contributed by atoms with Crippen LogP contribution in [0, 0.1) is 17.1 Å². The van der Waals surface area contributed by atoms with Gasteiger partial charge in [-0.1, -0.05) is 54.6 Å². The molecule has 0 aliphatic heterocycles.